The van der Waals surface area contributed by atoms with Gasteiger partial charge in [-0.05, 0) is 0 Å². The molecule has 4 nitrogen and oxygen atoms in total. The molecule has 0 unspecified atom stereocenters. The maximum atomic E-state index is 14.6. The van der Waals surface area contributed by atoms with Gasteiger partial charge in [-0.1, -0.05) is 0 Å². The Labute approximate surface area is 178 Å². The topological polar surface area (TPSA) is 70.5 Å². The van der Waals surface area contributed by atoms with Gasteiger partial charge in [0.2, 0.25) is 69.5 Å². The third kappa shape index (κ3) is 3.54. The minimum Gasteiger partial charge on any atom is -0.444 e. The molecule has 0 spiro atoms. The Morgan fingerprint density at radius 2 is 0.529 bits per heavy atom. The molecule has 3 rings (SSSR count). The highest BCUT2D eigenvalue weighted by atomic mass is 19.2. The van der Waals surface area contributed by atoms with Crippen molar-refractivity contribution in [1.29, 1.82) is 0 Å². The number of ether oxygens (including phenoxy) is 2. The van der Waals surface area contributed by atoms with Gasteiger partial charge in [-0.25, -0.2) is 30.7 Å². The number of benzene rings is 3. The molecule has 0 saturated carbocycles. The predicted molar refractivity (Wildman–Crippen MR) is 87.8 cm³/mol. The molecule has 182 valence electrons. The first-order valence-electron chi connectivity index (χ1n) is 8.16. The summed E-state index contributed by atoms with van der Waals surface area (Å²) in [5, 5.41) is 0. The summed E-state index contributed by atoms with van der Waals surface area (Å²) in [7, 11) is 0. The molecule has 0 atom stereocenters. The number of nitrogens with two attached hydrogens (primary N) is 2. The zero-order valence-electron chi connectivity index (χ0n) is 15.5. The van der Waals surface area contributed by atoms with Crippen LogP contribution in [-0.2, 0) is 0 Å². The summed E-state index contributed by atoms with van der Waals surface area (Å²) in [5.74, 6) is -38.9. The fraction of sp³-hybridized carbons (Fsp3) is 0. The average molecular weight is 508 g/mol. The Morgan fingerprint density at radius 1 is 0.294 bits per heavy atom. The Morgan fingerprint density at radius 3 is 0.824 bits per heavy atom. The van der Waals surface area contributed by atoms with E-state index in [9.17, 15) is 52.7 Å². The normalized spacial score (nSPS) is 11.2. The van der Waals surface area contributed by atoms with Crippen LogP contribution in [0.25, 0.3) is 0 Å². The first kappa shape index (κ1) is 24.7. The maximum absolute atomic E-state index is 14.6. The van der Waals surface area contributed by atoms with Gasteiger partial charge < -0.3 is 20.9 Å². The van der Waals surface area contributed by atoms with E-state index in [0.29, 0.717) is 0 Å². The highest BCUT2D eigenvalue weighted by Crippen LogP contribution is 2.43. The van der Waals surface area contributed by atoms with Crippen molar-refractivity contribution < 1.29 is 62.2 Å². The second-order valence-electron chi connectivity index (χ2n) is 6.12. The molecule has 4 N–H and O–H groups in total. The third-order valence-electron chi connectivity index (χ3n) is 4.11. The van der Waals surface area contributed by atoms with Gasteiger partial charge in [-0.2, -0.15) is 22.0 Å². The summed E-state index contributed by atoms with van der Waals surface area (Å²) < 4.78 is 174. The second kappa shape index (κ2) is 8.42. The van der Waals surface area contributed by atoms with E-state index in [1.807, 2.05) is 0 Å². The van der Waals surface area contributed by atoms with Crippen LogP contribution in [0.15, 0.2) is 0 Å². The van der Waals surface area contributed by atoms with E-state index >= 15 is 0 Å². The maximum Gasteiger partial charge on any atom is 0.214 e. The van der Waals surface area contributed by atoms with Crippen LogP contribution in [0.4, 0.5) is 64.1 Å². The summed E-state index contributed by atoms with van der Waals surface area (Å²) in [6.07, 6.45) is 0. The summed E-state index contributed by atoms with van der Waals surface area (Å²) in [4.78, 5) is 0. The number of halogens is 12. The number of anilines is 2. The predicted octanol–water partition coefficient (Wildman–Crippen LogP) is 6.10. The first-order chi connectivity index (χ1) is 15.7. The van der Waals surface area contributed by atoms with Gasteiger partial charge in [0.15, 0.2) is 23.3 Å². The molecule has 0 amide bonds. The first-order valence-corrected chi connectivity index (χ1v) is 8.16. The number of hydrogen-bond acceptors (Lipinski definition) is 4. The van der Waals surface area contributed by atoms with E-state index in [0.717, 1.165) is 0 Å². The minimum absolute atomic E-state index is 1.75. The van der Waals surface area contributed by atoms with Crippen molar-refractivity contribution in [2.45, 2.75) is 0 Å². The summed E-state index contributed by atoms with van der Waals surface area (Å²) in [6, 6.07) is 0. The van der Waals surface area contributed by atoms with Crippen molar-refractivity contribution in [3.8, 4) is 23.0 Å². The summed E-state index contributed by atoms with van der Waals surface area (Å²) in [6.45, 7) is 0. The van der Waals surface area contributed by atoms with Gasteiger partial charge in [-0.15, -0.1) is 0 Å². The zero-order chi connectivity index (χ0) is 25.8. The van der Waals surface area contributed by atoms with E-state index in [1.54, 1.807) is 0 Å². The van der Waals surface area contributed by atoms with Crippen LogP contribution in [0.3, 0.4) is 0 Å². The molecule has 34 heavy (non-hydrogen) atoms. The van der Waals surface area contributed by atoms with Gasteiger partial charge in [-0.3, -0.25) is 0 Å². The number of hydrogen-bond donors (Lipinski definition) is 2. The Kier molecular flexibility index (Phi) is 6.11. The van der Waals surface area contributed by atoms with Crippen LogP contribution >= 0.6 is 0 Å². The molecule has 0 aromatic heterocycles. The monoisotopic (exact) mass is 508 g/mol. The molecule has 0 bridgehead atoms. The molecule has 0 saturated heterocycles. The fourth-order valence-electron chi connectivity index (χ4n) is 2.41. The van der Waals surface area contributed by atoms with Crippen LogP contribution in [0.2, 0.25) is 0 Å². The number of rotatable bonds is 4. The molecule has 0 radical (unpaired) electrons. The van der Waals surface area contributed by atoms with Crippen molar-refractivity contribution in [3.05, 3.63) is 69.8 Å². The highest BCUT2D eigenvalue weighted by molar-refractivity contribution is 5.53. The van der Waals surface area contributed by atoms with Crippen LogP contribution in [0.5, 0.6) is 23.0 Å². The molecule has 16 heteroatoms. The average Bonchev–Trinajstić information content (AvgIpc) is 2.81. The Hall–Kier alpha value is -3.98. The minimum atomic E-state index is -2.75. The van der Waals surface area contributed by atoms with E-state index in [1.165, 1.54) is 0 Å². The smallest absolute Gasteiger partial charge is 0.214 e. The lowest BCUT2D eigenvalue weighted by molar-refractivity contribution is 0.300. The summed E-state index contributed by atoms with van der Waals surface area (Å²) in [5.41, 5.74) is 6.09. The molecular weight excluding hydrogens is 504 g/mol. The van der Waals surface area contributed by atoms with Crippen molar-refractivity contribution in [1.82, 2.24) is 0 Å². The van der Waals surface area contributed by atoms with Crippen molar-refractivity contribution in [3.63, 3.8) is 0 Å². The van der Waals surface area contributed by atoms with Gasteiger partial charge in [0, 0.05) is 0 Å². The Bertz CT molecular complexity index is 1210. The van der Waals surface area contributed by atoms with Crippen molar-refractivity contribution >= 4 is 11.4 Å². The van der Waals surface area contributed by atoms with E-state index < -0.39 is 104 Å². The van der Waals surface area contributed by atoms with E-state index in [-0.39, 0.29) is 0 Å². The second-order valence-corrected chi connectivity index (χ2v) is 6.12. The summed E-state index contributed by atoms with van der Waals surface area (Å²) >= 11 is 0. The molecule has 0 fully saturated rings. The van der Waals surface area contributed by atoms with Crippen LogP contribution < -0.4 is 20.9 Å². The van der Waals surface area contributed by atoms with Gasteiger partial charge >= 0.3 is 0 Å². The lowest BCUT2D eigenvalue weighted by Crippen LogP contribution is -2.10. The van der Waals surface area contributed by atoms with E-state index in [4.69, 9.17) is 11.5 Å². The van der Waals surface area contributed by atoms with Gasteiger partial charge in [0.1, 0.15) is 11.4 Å². The van der Waals surface area contributed by atoms with Crippen molar-refractivity contribution in [2.75, 3.05) is 11.5 Å². The standard InChI is InChI=1S/C18H4F12N2O2/c19-1-4(22)13(31)10(28)15(6(1)24)33-17-8(26)3(21)9(27)18(12(17)30)34-16-7(25)2(20)5(23)14(32)11(16)29/h31-32H2. The lowest BCUT2D eigenvalue weighted by Gasteiger charge is -2.16. The Balaban J connectivity index is 2.24. The van der Waals surface area contributed by atoms with Crippen molar-refractivity contribution in [2.24, 2.45) is 0 Å². The molecule has 0 aliphatic carbocycles. The largest absolute Gasteiger partial charge is 0.444 e. The SMILES string of the molecule is Nc1c(F)c(F)c(F)c(Oc2c(F)c(F)c(F)c(Oc3c(F)c(N)c(F)c(F)c3F)c2F)c1F. The fourth-order valence-corrected chi connectivity index (χ4v) is 2.41. The number of nitrogen functional groups attached to an aromatic ring is 2. The zero-order valence-corrected chi connectivity index (χ0v) is 15.5. The third-order valence-corrected chi connectivity index (χ3v) is 4.11. The lowest BCUT2D eigenvalue weighted by atomic mass is 10.2. The molecule has 0 aliphatic heterocycles. The molecule has 0 heterocycles. The van der Waals surface area contributed by atoms with Gasteiger partial charge in [0.05, 0.1) is 0 Å². The molecule has 3 aromatic rings. The molecular formula is C18H4F12N2O2. The van der Waals surface area contributed by atoms with E-state index in [2.05, 4.69) is 9.47 Å². The molecule has 3 aromatic carbocycles. The highest BCUT2D eigenvalue weighted by Gasteiger charge is 2.34. The quantitative estimate of drug-likeness (QED) is 0.193. The molecule has 0 aliphatic rings. The van der Waals surface area contributed by atoms with Crippen LogP contribution in [0.1, 0.15) is 0 Å². The van der Waals surface area contributed by atoms with Gasteiger partial charge in [0.25, 0.3) is 0 Å². The van der Waals surface area contributed by atoms with Crippen LogP contribution in [-0.4, -0.2) is 0 Å². The van der Waals surface area contributed by atoms with Crippen LogP contribution in [0, 0.1) is 69.8 Å².